The monoisotopic (exact) mass is 291 g/mol. The van der Waals surface area contributed by atoms with Gasteiger partial charge in [-0.3, -0.25) is 9.80 Å². The zero-order valence-corrected chi connectivity index (χ0v) is 13.8. The minimum atomic E-state index is 0.0906. The Morgan fingerprint density at radius 2 is 2.19 bits per heavy atom. The van der Waals surface area contributed by atoms with Crippen LogP contribution < -0.4 is 10.5 Å². The van der Waals surface area contributed by atoms with E-state index in [2.05, 4.69) is 42.8 Å². The lowest BCUT2D eigenvalue weighted by molar-refractivity contribution is 0.116. The van der Waals surface area contributed by atoms with E-state index in [1.165, 1.54) is 5.56 Å². The molecule has 1 atom stereocenters. The summed E-state index contributed by atoms with van der Waals surface area (Å²) in [4.78, 5) is 4.94. The van der Waals surface area contributed by atoms with Crippen molar-refractivity contribution in [2.45, 2.75) is 38.4 Å². The quantitative estimate of drug-likeness (QED) is 0.870. The minimum absolute atomic E-state index is 0.0906. The third-order valence-corrected chi connectivity index (χ3v) is 4.84. The Balaban J connectivity index is 2.08. The number of nitrogens with two attached hydrogens (primary N) is 1. The molecular formula is C17H29N3O. The van der Waals surface area contributed by atoms with E-state index < -0.39 is 0 Å². The molecule has 0 aromatic heterocycles. The average molecular weight is 291 g/mol. The van der Waals surface area contributed by atoms with Crippen LogP contribution in [-0.4, -0.2) is 55.2 Å². The van der Waals surface area contributed by atoms with Crippen molar-refractivity contribution in [2.24, 2.45) is 5.73 Å². The van der Waals surface area contributed by atoms with Crippen LogP contribution in [0.5, 0.6) is 5.75 Å². The summed E-state index contributed by atoms with van der Waals surface area (Å²) in [6.45, 7) is 8.32. The minimum Gasteiger partial charge on any atom is -0.497 e. The van der Waals surface area contributed by atoms with Crippen molar-refractivity contribution >= 4 is 0 Å². The Bertz CT molecular complexity index is 463. The van der Waals surface area contributed by atoms with Gasteiger partial charge in [-0.1, -0.05) is 12.1 Å². The maximum absolute atomic E-state index is 6.15. The third kappa shape index (κ3) is 3.57. The molecule has 4 nitrogen and oxygen atoms in total. The standard InChI is InChI=1S/C17H29N3O/c1-14(2)20-9-8-17(12-18,13-20)19(3)11-15-6-5-7-16(10-15)21-4/h5-7,10,14H,8-9,11-13,18H2,1-4H3. The Morgan fingerprint density at radius 3 is 2.76 bits per heavy atom. The summed E-state index contributed by atoms with van der Waals surface area (Å²) in [5.74, 6) is 0.915. The first kappa shape index (κ1) is 16.3. The lowest BCUT2D eigenvalue weighted by Gasteiger charge is -2.38. The van der Waals surface area contributed by atoms with E-state index in [0.29, 0.717) is 12.6 Å². The Labute approximate surface area is 128 Å². The molecule has 118 valence electrons. The number of methoxy groups -OCH3 is 1. The van der Waals surface area contributed by atoms with Crippen molar-refractivity contribution in [2.75, 3.05) is 33.8 Å². The molecule has 1 aliphatic rings. The zero-order chi connectivity index (χ0) is 15.5. The number of hydrogen-bond acceptors (Lipinski definition) is 4. The summed E-state index contributed by atoms with van der Waals surface area (Å²) in [6, 6.07) is 8.88. The number of hydrogen-bond donors (Lipinski definition) is 1. The first-order chi connectivity index (χ1) is 10.0. The molecule has 2 N–H and O–H groups in total. The van der Waals surface area contributed by atoms with Crippen LogP contribution in [0.1, 0.15) is 25.8 Å². The number of benzene rings is 1. The van der Waals surface area contributed by atoms with Gasteiger partial charge < -0.3 is 10.5 Å². The van der Waals surface area contributed by atoms with E-state index in [0.717, 1.165) is 31.8 Å². The van der Waals surface area contributed by atoms with Crippen molar-refractivity contribution in [3.8, 4) is 5.75 Å². The van der Waals surface area contributed by atoms with Gasteiger partial charge in [0.2, 0.25) is 0 Å². The van der Waals surface area contributed by atoms with Gasteiger partial charge in [0.25, 0.3) is 0 Å². The largest absolute Gasteiger partial charge is 0.497 e. The second-order valence-corrected chi connectivity index (χ2v) is 6.45. The lowest BCUT2D eigenvalue weighted by atomic mass is 9.96. The maximum Gasteiger partial charge on any atom is 0.119 e. The molecule has 1 unspecified atom stereocenters. The van der Waals surface area contributed by atoms with E-state index in [4.69, 9.17) is 10.5 Å². The highest BCUT2D eigenvalue weighted by Crippen LogP contribution is 2.29. The van der Waals surface area contributed by atoms with Crippen molar-refractivity contribution in [3.05, 3.63) is 29.8 Å². The van der Waals surface area contributed by atoms with Crippen LogP contribution in [0.25, 0.3) is 0 Å². The molecule has 1 aliphatic heterocycles. The van der Waals surface area contributed by atoms with Gasteiger partial charge in [-0.25, -0.2) is 0 Å². The van der Waals surface area contributed by atoms with Crippen LogP contribution >= 0.6 is 0 Å². The van der Waals surface area contributed by atoms with E-state index in [9.17, 15) is 0 Å². The van der Waals surface area contributed by atoms with Crippen molar-refractivity contribution in [3.63, 3.8) is 0 Å². The van der Waals surface area contributed by atoms with Crippen LogP contribution in [0.2, 0.25) is 0 Å². The average Bonchev–Trinajstić information content (AvgIpc) is 2.93. The normalized spacial score (nSPS) is 23.2. The van der Waals surface area contributed by atoms with Gasteiger partial charge >= 0.3 is 0 Å². The summed E-state index contributed by atoms with van der Waals surface area (Å²) in [7, 11) is 3.90. The van der Waals surface area contributed by atoms with E-state index >= 15 is 0 Å². The molecule has 0 saturated carbocycles. The van der Waals surface area contributed by atoms with Gasteiger partial charge in [-0.15, -0.1) is 0 Å². The highest BCUT2D eigenvalue weighted by Gasteiger charge is 2.40. The Kier molecular flexibility index (Phi) is 5.25. The number of likely N-dealkylation sites (tertiary alicyclic amines) is 1. The highest BCUT2D eigenvalue weighted by molar-refractivity contribution is 5.28. The maximum atomic E-state index is 6.15. The molecule has 0 radical (unpaired) electrons. The summed E-state index contributed by atoms with van der Waals surface area (Å²) >= 11 is 0. The molecule has 0 bridgehead atoms. The van der Waals surface area contributed by atoms with Crippen LogP contribution in [0.3, 0.4) is 0 Å². The molecule has 1 aromatic carbocycles. The van der Waals surface area contributed by atoms with Crippen molar-refractivity contribution in [1.29, 1.82) is 0 Å². The molecule has 21 heavy (non-hydrogen) atoms. The molecular weight excluding hydrogens is 262 g/mol. The molecule has 2 rings (SSSR count). The van der Waals surface area contributed by atoms with Crippen LogP contribution in [-0.2, 0) is 6.54 Å². The van der Waals surface area contributed by atoms with Gasteiger partial charge in [-0.2, -0.15) is 0 Å². The van der Waals surface area contributed by atoms with Gasteiger partial charge in [0.1, 0.15) is 5.75 Å². The number of ether oxygens (including phenoxy) is 1. The van der Waals surface area contributed by atoms with Crippen LogP contribution in [0, 0.1) is 0 Å². The van der Waals surface area contributed by atoms with Crippen LogP contribution in [0.4, 0.5) is 0 Å². The second-order valence-electron chi connectivity index (χ2n) is 6.45. The number of nitrogens with zero attached hydrogens (tertiary/aromatic N) is 2. The fraction of sp³-hybridized carbons (Fsp3) is 0.647. The molecule has 1 heterocycles. The number of rotatable bonds is 6. The van der Waals surface area contributed by atoms with Crippen molar-refractivity contribution in [1.82, 2.24) is 9.80 Å². The molecule has 4 heteroatoms. The lowest BCUT2D eigenvalue weighted by Crippen LogP contribution is -2.54. The first-order valence-electron chi connectivity index (χ1n) is 7.79. The van der Waals surface area contributed by atoms with Gasteiger partial charge in [0.05, 0.1) is 7.11 Å². The second kappa shape index (κ2) is 6.77. The van der Waals surface area contributed by atoms with E-state index in [-0.39, 0.29) is 5.54 Å². The van der Waals surface area contributed by atoms with Gasteiger partial charge in [0, 0.05) is 37.8 Å². The molecule has 1 fully saturated rings. The summed E-state index contributed by atoms with van der Waals surface area (Å²) in [5.41, 5.74) is 7.51. The molecule has 0 amide bonds. The van der Waals surface area contributed by atoms with Gasteiger partial charge in [-0.05, 0) is 45.0 Å². The zero-order valence-electron chi connectivity index (χ0n) is 13.8. The third-order valence-electron chi connectivity index (χ3n) is 4.84. The molecule has 1 saturated heterocycles. The molecule has 1 aromatic rings. The first-order valence-corrected chi connectivity index (χ1v) is 7.79. The highest BCUT2D eigenvalue weighted by atomic mass is 16.5. The topological polar surface area (TPSA) is 41.7 Å². The summed E-state index contributed by atoms with van der Waals surface area (Å²) in [5, 5.41) is 0. The predicted octanol–water partition coefficient (Wildman–Crippen LogP) is 1.94. The molecule has 0 aliphatic carbocycles. The van der Waals surface area contributed by atoms with E-state index in [1.54, 1.807) is 7.11 Å². The fourth-order valence-corrected chi connectivity index (χ4v) is 3.18. The summed E-state index contributed by atoms with van der Waals surface area (Å²) in [6.07, 6.45) is 1.14. The van der Waals surface area contributed by atoms with E-state index in [1.807, 2.05) is 12.1 Å². The van der Waals surface area contributed by atoms with Gasteiger partial charge in [0.15, 0.2) is 0 Å². The number of likely N-dealkylation sites (N-methyl/N-ethyl adjacent to an activating group) is 1. The fourth-order valence-electron chi connectivity index (χ4n) is 3.18. The smallest absolute Gasteiger partial charge is 0.119 e. The predicted molar refractivity (Wildman–Crippen MR) is 87.6 cm³/mol. The molecule has 0 spiro atoms. The Morgan fingerprint density at radius 1 is 1.43 bits per heavy atom. The summed E-state index contributed by atoms with van der Waals surface area (Å²) < 4.78 is 5.31. The van der Waals surface area contributed by atoms with Crippen molar-refractivity contribution < 1.29 is 4.74 Å². The van der Waals surface area contributed by atoms with Crippen LogP contribution in [0.15, 0.2) is 24.3 Å². The Hall–Kier alpha value is -1.10. The SMILES string of the molecule is COc1cccc(CN(C)C2(CN)CCN(C(C)C)C2)c1.